The lowest BCUT2D eigenvalue weighted by atomic mass is 10.1. The van der Waals surface area contributed by atoms with E-state index in [1.165, 1.54) is 5.56 Å². The van der Waals surface area contributed by atoms with Crippen molar-refractivity contribution in [1.82, 2.24) is 9.80 Å². The fourth-order valence-electron chi connectivity index (χ4n) is 4.11. The minimum atomic E-state index is -0.133. The molecule has 164 valence electrons. The van der Waals surface area contributed by atoms with Gasteiger partial charge in [-0.25, -0.2) is 4.79 Å². The van der Waals surface area contributed by atoms with E-state index in [9.17, 15) is 9.59 Å². The Labute approximate surface area is 187 Å². The zero-order valence-corrected chi connectivity index (χ0v) is 18.6. The van der Waals surface area contributed by atoms with Crippen molar-refractivity contribution >= 4 is 34.9 Å². The Kier molecular flexibility index (Phi) is 6.23. The van der Waals surface area contributed by atoms with E-state index >= 15 is 0 Å². The number of carbonyl (C=O) groups excluding carboxylic acids is 2. The molecule has 2 aromatic carbocycles. The van der Waals surface area contributed by atoms with E-state index in [0.717, 1.165) is 30.2 Å². The van der Waals surface area contributed by atoms with Gasteiger partial charge >= 0.3 is 6.03 Å². The minimum absolute atomic E-state index is 0.00704. The van der Waals surface area contributed by atoms with Crippen LogP contribution in [0, 0.1) is 6.92 Å². The number of piperazine rings is 1. The Balaban J connectivity index is 1.32. The van der Waals surface area contributed by atoms with Gasteiger partial charge in [0.05, 0.1) is 7.11 Å². The van der Waals surface area contributed by atoms with E-state index < -0.39 is 0 Å². The predicted molar refractivity (Wildman–Crippen MR) is 122 cm³/mol. The van der Waals surface area contributed by atoms with Crippen LogP contribution in [0.3, 0.4) is 0 Å². The smallest absolute Gasteiger partial charge is 0.325 e. The summed E-state index contributed by atoms with van der Waals surface area (Å²) in [5.41, 5.74) is 3.10. The highest BCUT2D eigenvalue weighted by Crippen LogP contribution is 2.26. The summed E-state index contributed by atoms with van der Waals surface area (Å²) in [6.45, 7) is 6.05. The maximum atomic E-state index is 12.8. The van der Waals surface area contributed by atoms with Crippen molar-refractivity contribution in [2.45, 2.75) is 6.92 Å². The predicted octanol–water partition coefficient (Wildman–Crippen LogP) is 3.25. The molecule has 0 aliphatic carbocycles. The molecular weight excluding hydrogens is 416 g/mol. The molecule has 31 heavy (non-hydrogen) atoms. The number of hydrogen-bond donors (Lipinski definition) is 0. The first-order chi connectivity index (χ1) is 15.0. The third kappa shape index (κ3) is 4.56. The lowest BCUT2D eigenvalue weighted by Gasteiger charge is -2.37. The Hall–Kier alpha value is -2.93. The molecule has 2 aliphatic heterocycles. The number of aryl methyl sites for hydroxylation is 1. The number of rotatable bonds is 5. The Morgan fingerprint density at radius 2 is 1.71 bits per heavy atom. The van der Waals surface area contributed by atoms with Crippen LogP contribution in [0.5, 0.6) is 5.75 Å². The Morgan fingerprint density at radius 3 is 2.39 bits per heavy atom. The van der Waals surface area contributed by atoms with Crippen LogP contribution in [0.15, 0.2) is 42.5 Å². The van der Waals surface area contributed by atoms with Gasteiger partial charge in [-0.3, -0.25) is 9.69 Å². The summed E-state index contributed by atoms with van der Waals surface area (Å²) in [6.07, 6.45) is 0. The molecule has 0 radical (unpaired) electrons. The number of ether oxygens (including phenoxy) is 1. The number of anilines is 2. The quantitative estimate of drug-likeness (QED) is 0.713. The molecule has 0 atom stereocenters. The first-order valence-electron chi connectivity index (χ1n) is 10.5. The van der Waals surface area contributed by atoms with E-state index in [1.807, 2.05) is 47.4 Å². The molecule has 2 saturated heterocycles. The van der Waals surface area contributed by atoms with Gasteiger partial charge < -0.3 is 19.4 Å². The molecule has 0 saturated carbocycles. The van der Waals surface area contributed by atoms with E-state index in [1.54, 1.807) is 16.9 Å². The van der Waals surface area contributed by atoms with Gasteiger partial charge in [-0.2, -0.15) is 0 Å². The molecule has 0 aromatic heterocycles. The summed E-state index contributed by atoms with van der Waals surface area (Å²) in [6, 6.07) is 13.1. The van der Waals surface area contributed by atoms with Crippen molar-refractivity contribution in [3.63, 3.8) is 0 Å². The molecule has 2 aliphatic rings. The zero-order chi connectivity index (χ0) is 22.0. The average Bonchev–Trinajstić information content (AvgIpc) is 3.15. The minimum Gasteiger partial charge on any atom is -0.497 e. The third-order valence-electron chi connectivity index (χ3n) is 5.95. The number of carbonyl (C=O) groups is 2. The van der Waals surface area contributed by atoms with E-state index in [0.29, 0.717) is 31.2 Å². The van der Waals surface area contributed by atoms with Gasteiger partial charge in [-0.15, -0.1) is 0 Å². The van der Waals surface area contributed by atoms with Crippen molar-refractivity contribution in [2.24, 2.45) is 0 Å². The van der Waals surface area contributed by atoms with Crippen molar-refractivity contribution in [3.8, 4) is 5.75 Å². The summed E-state index contributed by atoms with van der Waals surface area (Å²) < 4.78 is 5.17. The summed E-state index contributed by atoms with van der Waals surface area (Å²) in [7, 11) is 1.61. The van der Waals surface area contributed by atoms with E-state index in [4.69, 9.17) is 16.3 Å². The molecule has 2 heterocycles. The first kappa shape index (κ1) is 21.3. The lowest BCUT2D eigenvalue weighted by Crippen LogP contribution is -2.51. The van der Waals surface area contributed by atoms with E-state index in [-0.39, 0.29) is 18.5 Å². The molecule has 8 heteroatoms. The van der Waals surface area contributed by atoms with Gasteiger partial charge in [0.2, 0.25) is 5.91 Å². The summed E-state index contributed by atoms with van der Waals surface area (Å²) in [5.74, 6) is 0.738. The second-order valence-corrected chi connectivity index (χ2v) is 8.29. The second-order valence-electron chi connectivity index (χ2n) is 7.85. The molecule has 0 spiro atoms. The summed E-state index contributed by atoms with van der Waals surface area (Å²) >= 11 is 6.16. The normalized spacial score (nSPS) is 16.8. The van der Waals surface area contributed by atoms with Crippen molar-refractivity contribution < 1.29 is 14.3 Å². The molecule has 2 aromatic rings. The second kappa shape index (κ2) is 9.06. The number of urea groups is 1. The average molecular weight is 443 g/mol. The van der Waals surface area contributed by atoms with Crippen molar-refractivity contribution in [1.29, 1.82) is 0 Å². The highest BCUT2D eigenvalue weighted by atomic mass is 35.5. The van der Waals surface area contributed by atoms with Gasteiger partial charge in [0.1, 0.15) is 12.3 Å². The molecule has 2 fully saturated rings. The number of benzene rings is 2. The largest absolute Gasteiger partial charge is 0.497 e. The fraction of sp³-hybridized carbons (Fsp3) is 0.391. The molecule has 7 nitrogen and oxygen atoms in total. The van der Waals surface area contributed by atoms with Crippen LogP contribution in [0.1, 0.15) is 5.56 Å². The standard InChI is InChI=1S/C23H27ClN4O3/c1-17-3-4-18(24)15-21(17)25-9-11-26(12-10-25)22(29)16-27-13-14-28(23(27)30)19-5-7-20(31-2)8-6-19/h3-8,15H,9-14,16H2,1-2H3. The Bertz CT molecular complexity index is 958. The molecular formula is C23H27ClN4O3. The number of nitrogens with zero attached hydrogens (tertiary/aromatic N) is 4. The number of amides is 3. The van der Waals surface area contributed by atoms with Crippen molar-refractivity contribution in [2.75, 3.05) is 62.7 Å². The zero-order valence-electron chi connectivity index (χ0n) is 17.9. The van der Waals surface area contributed by atoms with Crippen LogP contribution >= 0.6 is 11.6 Å². The van der Waals surface area contributed by atoms with E-state index in [2.05, 4.69) is 11.8 Å². The Morgan fingerprint density at radius 1 is 1.00 bits per heavy atom. The van der Waals surface area contributed by atoms with Crippen LogP contribution in [-0.2, 0) is 4.79 Å². The van der Waals surface area contributed by atoms with Gasteiger partial charge in [-0.05, 0) is 48.9 Å². The van der Waals surface area contributed by atoms with Crippen LogP contribution in [0.2, 0.25) is 5.02 Å². The lowest BCUT2D eigenvalue weighted by molar-refractivity contribution is -0.131. The fourth-order valence-corrected chi connectivity index (χ4v) is 4.28. The van der Waals surface area contributed by atoms with Crippen LogP contribution < -0.4 is 14.5 Å². The molecule has 4 rings (SSSR count). The van der Waals surface area contributed by atoms with Gasteiger partial charge in [0.25, 0.3) is 0 Å². The van der Waals surface area contributed by atoms with Crippen LogP contribution in [-0.4, -0.2) is 74.7 Å². The van der Waals surface area contributed by atoms with Crippen LogP contribution in [0.25, 0.3) is 0 Å². The summed E-state index contributed by atoms with van der Waals surface area (Å²) in [5, 5.41) is 0.716. The molecule has 3 amide bonds. The SMILES string of the molecule is COc1ccc(N2CCN(CC(=O)N3CCN(c4cc(Cl)ccc4C)CC3)C2=O)cc1. The number of hydrogen-bond acceptors (Lipinski definition) is 4. The van der Waals surface area contributed by atoms with Gasteiger partial charge in [0.15, 0.2) is 0 Å². The van der Waals surface area contributed by atoms with Crippen LogP contribution in [0.4, 0.5) is 16.2 Å². The highest BCUT2D eigenvalue weighted by molar-refractivity contribution is 6.30. The van der Waals surface area contributed by atoms with Gasteiger partial charge in [0, 0.05) is 55.7 Å². The third-order valence-corrected chi connectivity index (χ3v) is 6.18. The molecule has 0 N–H and O–H groups in total. The first-order valence-corrected chi connectivity index (χ1v) is 10.8. The molecule has 0 bridgehead atoms. The maximum absolute atomic E-state index is 12.8. The van der Waals surface area contributed by atoms with Gasteiger partial charge in [-0.1, -0.05) is 17.7 Å². The van der Waals surface area contributed by atoms with Crippen molar-refractivity contribution in [3.05, 3.63) is 53.1 Å². The summed E-state index contributed by atoms with van der Waals surface area (Å²) in [4.78, 5) is 33.1. The number of halogens is 1. The molecule has 0 unspecified atom stereocenters. The number of methoxy groups -OCH3 is 1. The highest BCUT2D eigenvalue weighted by Gasteiger charge is 2.32. The topological polar surface area (TPSA) is 56.3 Å². The maximum Gasteiger partial charge on any atom is 0.325 e. The monoisotopic (exact) mass is 442 g/mol.